The first kappa shape index (κ1) is 16.4. The molecule has 0 aromatic rings. The van der Waals surface area contributed by atoms with Crippen LogP contribution in [0.25, 0.3) is 0 Å². The molecule has 3 amide bonds. The molecule has 104 valence electrons. The summed E-state index contributed by atoms with van der Waals surface area (Å²) in [5.41, 5.74) is 10.0. The van der Waals surface area contributed by atoms with Gasteiger partial charge in [-0.25, -0.2) is 0 Å². The van der Waals surface area contributed by atoms with Gasteiger partial charge in [0.05, 0.1) is 6.42 Å². The van der Waals surface area contributed by atoms with Crippen LogP contribution in [0.15, 0.2) is 0 Å². The summed E-state index contributed by atoms with van der Waals surface area (Å²) >= 11 is 0. The number of rotatable bonds is 10. The molecule has 0 radical (unpaired) electrons. The molecule has 0 heterocycles. The zero-order valence-corrected chi connectivity index (χ0v) is 10.9. The van der Waals surface area contributed by atoms with E-state index in [0.29, 0.717) is 6.42 Å². The van der Waals surface area contributed by atoms with Gasteiger partial charge in [0.15, 0.2) is 0 Å². The van der Waals surface area contributed by atoms with E-state index in [-0.39, 0.29) is 12.3 Å². The number of carbonyl (C=O) groups excluding carboxylic acids is 3. The highest BCUT2D eigenvalue weighted by molar-refractivity contribution is 5.90. The molecule has 0 aliphatic carbocycles. The molecule has 6 heteroatoms. The molecule has 0 saturated carbocycles. The van der Waals surface area contributed by atoms with Crippen LogP contribution in [-0.4, -0.2) is 23.8 Å². The Labute approximate surface area is 107 Å². The molecular formula is C12H23N3O3. The summed E-state index contributed by atoms with van der Waals surface area (Å²) in [7, 11) is 0. The van der Waals surface area contributed by atoms with Crippen LogP contribution in [0.2, 0.25) is 0 Å². The molecule has 0 saturated heterocycles. The lowest BCUT2D eigenvalue weighted by molar-refractivity contribution is -0.129. The molecule has 6 nitrogen and oxygen atoms in total. The van der Waals surface area contributed by atoms with Crippen molar-refractivity contribution in [3.63, 3.8) is 0 Å². The summed E-state index contributed by atoms with van der Waals surface area (Å²) in [4.78, 5) is 33.2. The second-order valence-electron chi connectivity index (χ2n) is 4.36. The van der Waals surface area contributed by atoms with E-state index >= 15 is 0 Å². The van der Waals surface area contributed by atoms with Crippen LogP contribution in [0.1, 0.15) is 51.9 Å². The van der Waals surface area contributed by atoms with Crippen molar-refractivity contribution in [2.75, 3.05) is 0 Å². The first-order valence-corrected chi connectivity index (χ1v) is 6.34. The van der Waals surface area contributed by atoms with Crippen LogP contribution in [0.4, 0.5) is 0 Å². The maximum absolute atomic E-state index is 11.5. The zero-order chi connectivity index (χ0) is 14.0. The van der Waals surface area contributed by atoms with Crippen molar-refractivity contribution in [1.29, 1.82) is 0 Å². The first-order chi connectivity index (χ1) is 8.47. The Morgan fingerprint density at radius 3 is 2.17 bits per heavy atom. The summed E-state index contributed by atoms with van der Waals surface area (Å²) in [6, 6.07) is -0.995. The summed E-state index contributed by atoms with van der Waals surface area (Å²) < 4.78 is 0. The number of unbranched alkanes of at least 4 members (excludes halogenated alkanes) is 4. The van der Waals surface area contributed by atoms with Crippen LogP contribution in [0.5, 0.6) is 0 Å². The van der Waals surface area contributed by atoms with E-state index < -0.39 is 17.9 Å². The molecule has 0 bridgehead atoms. The van der Waals surface area contributed by atoms with Gasteiger partial charge in [0.1, 0.15) is 6.04 Å². The minimum atomic E-state index is -0.995. The van der Waals surface area contributed by atoms with Crippen LogP contribution in [-0.2, 0) is 14.4 Å². The predicted octanol–water partition coefficient (Wildman–Crippen LogP) is 0.192. The highest BCUT2D eigenvalue weighted by atomic mass is 16.2. The fraction of sp³-hybridized carbons (Fsp3) is 0.750. The molecule has 18 heavy (non-hydrogen) atoms. The molecule has 0 fully saturated rings. The van der Waals surface area contributed by atoms with E-state index in [1.54, 1.807) is 0 Å². The third-order valence-electron chi connectivity index (χ3n) is 2.59. The van der Waals surface area contributed by atoms with Gasteiger partial charge >= 0.3 is 0 Å². The van der Waals surface area contributed by atoms with Crippen LogP contribution >= 0.6 is 0 Å². The van der Waals surface area contributed by atoms with Crippen molar-refractivity contribution in [3.05, 3.63) is 0 Å². The maximum atomic E-state index is 11.5. The standard InChI is InChI=1S/C12H23N3O3/c1-2-3-4-5-6-7-11(17)15-9(12(14)18)8-10(13)16/h9H,2-8H2,1H3,(H2,13,16)(H2,14,18)(H,15,17)/t9-/m0/s1. The number of primary amides is 2. The number of amides is 3. The molecule has 5 N–H and O–H groups in total. The monoisotopic (exact) mass is 257 g/mol. The average Bonchev–Trinajstić information content (AvgIpc) is 2.27. The fourth-order valence-corrected chi connectivity index (χ4v) is 1.58. The third kappa shape index (κ3) is 8.55. The largest absolute Gasteiger partial charge is 0.370 e. The highest BCUT2D eigenvalue weighted by Gasteiger charge is 2.19. The lowest BCUT2D eigenvalue weighted by Gasteiger charge is -2.13. The Morgan fingerprint density at radius 2 is 1.67 bits per heavy atom. The minimum absolute atomic E-state index is 0.253. The Kier molecular flexibility index (Phi) is 8.61. The topological polar surface area (TPSA) is 115 Å². The Bertz CT molecular complexity index is 292. The summed E-state index contributed by atoms with van der Waals surface area (Å²) in [6.07, 6.45) is 5.25. The summed E-state index contributed by atoms with van der Waals surface area (Å²) in [5, 5.41) is 2.42. The molecule has 0 rings (SSSR count). The van der Waals surface area contributed by atoms with Crippen molar-refractivity contribution in [2.45, 2.75) is 57.9 Å². The second-order valence-corrected chi connectivity index (χ2v) is 4.36. The van der Waals surface area contributed by atoms with Crippen LogP contribution in [0.3, 0.4) is 0 Å². The van der Waals surface area contributed by atoms with Gasteiger partial charge in [-0.3, -0.25) is 14.4 Å². The van der Waals surface area contributed by atoms with Gasteiger partial charge in [-0.1, -0.05) is 32.6 Å². The molecule has 0 aliphatic heterocycles. The van der Waals surface area contributed by atoms with Gasteiger partial charge in [-0.2, -0.15) is 0 Å². The van der Waals surface area contributed by atoms with Crippen molar-refractivity contribution < 1.29 is 14.4 Å². The lowest BCUT2D eigenvalue weighted by atomic mass is 10.1. The van der Waals surface area contributed by atoms with E-state index in [2.05, 4.69) is 12.2 Å². The Balaban J connectivity index is 3.88. The second kappa shape index (κ2) is 9.44. The number of nitrogens with one attached hydrogen (secondary N) is 1. The molecule has 0 aliphatic rings. The van der Waals surface area contributed by atoms with Gasteiger partial charge in [0, 0.05) is 6.42 Å². The van der Waals surface area contributed by atoms with E-state index in [4.69, 9.17) is 11.5 Å². The molecule has 0 aromatic carbocycles. The van der Waals surface area contributed by atoms with Crippen LogP contribution in [0, 0.1) is 0 Å². The Hall–Kier alpha value is -1.59. The quantitative estimate of drug-likeness (QED) is 0.485. The molecular weight excluding hydrogens is 234 g/mol. The average molecular weight is 257 g/mol. The normalized spacial score (nSPS) is 11.8. The smallest absolute Gasteiger partial charge is 0.240 e. The highest BCUT2D eigenvalue weighted by Crippen LogP contribution is 2.05. The van der Waals surface area contributed by atoms with Gasteiger partial charge < -0.3 is 16.8 Å². The van der Waals surface area contributed by atoms with Crippen molar-refractivity contribution in [2.24, 2.45) is 11.5 Å². The summed E-state index contributed by atoms with van der Waals surface area (Å²) in [6.45, 7) is 2.12. The lowest BCUT2D eigenvalue weighted by Crippen LogP contribution is -2.46. The van der Waals surface area contributed by atoms with Gasteiger partial charge in [-0.15, -0.1) is 0 Å². The van der Waals surface area contributed by atoms with E-state index in [1.807, 2.05) is 0 Å². The Morgan fingerprint density at radius 1 is 1.06 bits per heavy atom. The number of hydrogen-bond donors (Lipinski definition) is 3. The summed E-state index contributed by atoms with van der Waals surface area (Å²) in [5.74, 6) is -1.67. The fourth-order valence-electron chi connectivity index (χ4n) is 1.58. The minimum Gasteiger partial charge on any atom is -0.370 e. The van der Waals surface area contributed by atoms with Gasteiger partial charge in [0.2, 0.25) is 17.7 Å². The maximum Gasteiger partial charge on any atom is 0.240 e. The van der Waals surface area contributed by atoms with Crippen LogP contribution < -0.4 is 16.8 Å². The molecule has 1 atom stereocenters. The van der Waals surface area contributed by atoms with E-state index in [0.717, 1.165) is 32.1 Å². The SMILES string of the molecule is CCCCCCCC(=O)N[C@@H](CC(N)=O)C(N)=O. The predicted molar refractivity (Wildman–Crippen MR) is 68.3 cm³/mol. The number of carbonyl (C=O) groups is 3. The van der Waals surface area contributed by atoms with E-state index in [1.165, 1.54) is 0 Å². The zero-order valence-electron chi connectivity index (χ0n) is 10.9. The molecule has 0 spiro atoms. The number of nitrogens with two attached hydrogens (primary N) is 2. The molecule has 0 aromatic heterocycles. The molecule has 0 unspecified atom stereocenters. The van der Waals surface area contributed by atoms with Gasteiger partial charge in [0.25, 0.3) is 0 Å². The van der Waals surface area contributed by atoms with Crippen molar-refractivity contribution in [3.8, 4) is 0 Å². The number of hydrogen-bond acceptors (Lipinski definition) is 3. The van der Waals surface area contributed by atoms with E-state index in [9.17, 15) is 14.4 Å². The first-order valence-electron chi connectivity index (χ1n) is 6.34. The van der Waals surface area contributed by atoms with Crippen molar-refractivity contribution >= 4 is 17.7 Å². The van der Waals surface area contributed by atoms with Gasteiger partial charge in [-0.05, 0) is 6.42 Å². The third-order valence-corrected chi connectivity index (χ3v) is 2.59. The van der Waals surface area contributed by atoms with Crippen molar-refractivity contribution in [1.82, 2.24) is 5.32 Å².